The number of amides is 1. The molecule has 0 radical (unpaired) electrons. The first-order chi connectivity index (χ1) is 10.0. The van der Waals surface area contributed by atoms with E-state index in [1.807, 2.05) is 0 Å². The Labute approximate surface area is 122 Å². The van der Waals surface area contributed by atoms with Crippen molar-refractivity contribution in [3.8, 4) is 17.2 Å². The Hall–Kier alpha value is -2.89. The molecule has 0 aliphatic rings. The summed E-state index contributed by atoms with van der Waals surface area (Å²) in [5, 5.41) is 12.5. The van der Waals surface area contributed by atoms with E-state index in [0.717, 1.165) is 0 Å². The van der Waals surface area contributed by atoms with Gasteiger partial charge in [0.1, 0.15) is 0 Å². The molecule has 0 heterocycles. The van der Waals surface area contributed by atoms with Gasteiger partial charge in [-0.3, -0.25) is 4.79 Å². The average Bonchev–Trinajstić information content (AvgIpc) is 2.47. The van der Waals surface area contributed by atoms with E-state index in [1.165, 1.54) is 20.3 Å². The smallest absolute Gasteiger partial charge is 0.255 e. The molecule has 1 amide bonds. The van der Waals surface area contributed by atoms with Crippen LogP contribution >= 0.6 is 0 Å². The monoisotopic (exact) mass is 288 g/mol. The minimum absolute atomic E-state index is 0.121. The van der Waals surface area contributed by atoms with Crippen molar-refractivity contribution in [3.05, 3.63) is 42.0 Å². The van der Waals surface area contributed by atoms with Gasteiger partial charge in [-0.2, -0.15) is 0 Å². The molecule has 6 nitrogen and oxygen atoms in total. The standard InChI is InChI=1S/C15H16N2O4/c1-20-13-8-11(7-12(18)14(13)21-2)17-15(19)9-3-5-10(16)6-4-9/h3-8,18H,16H2,1-2H3,(H,17,19). The Morgan fingerprint density at radius 2 is 1.81 bits per heavy atom. The second-order valence-electron chi connectivity index (χ2n) is 4.31. The van der Waals surface area contributed by atoms with Crippen LogP contribution in [0.15, 0.2) is 36.4 Å². The molecule has 2 aromatic rings. The van der Waals surface area contributed by atoms with E-state index in [4.69, 9.17) is 15.2 Å². The predicted octanol–water partition coefficient (Wildman–Crippen LogP) is 2.24. The minimum Gasteiger partial charge on any atom is -0.504 e. The molecular weight excluding hydrogens is 272 g/mol. The van der Waals surface area contributed by atoms with E-state index >= 15 is 0 Å². The van der Waals surface area contributed by atoms with Crippen LogP contribution < -0.4 is 20.5 Å². The Morgan fingerprint density at radius 1 is 1.14 bits per heavy atom. The lowest BCUT2D eigenvalue weighted by Crippen LogP contribution is -2.12. The number of methoxy groups -OCH3 is 2. The number of phenols is 1. The highest BCUT2D eigenvalue weighted by Crippen LogP contribution is 2.39. The van der Waals surface area contributed by atoms with Gasteiger partial charge in [0, 0.05) is 29.1 Å². The molecule has 0 aromatic heterocycles. The summed E-state index contributed by atoms with van der Waals surface area (Å²) in [5.41, 5.74) is 7.01. The summed E-state index contributed by atoms with van der Waals surface area (Å²) in [7, 11) is 2.87. The predicted molar refractivity (Wildman–Crippen MR) is 80.0 cm³/mol. The number of carbonyl (C=O) groups excluding carboxylic acids is 1. The van der Waals surface area contributed by atoms with Gasteiger partial charge in [-0.25, -0.2) is 0 Å². The van der Waals surface area contributed by atoms with Crippen molar-refractivity contribution in [2.24, 2.45) is 0 Å². The van der Waals surface area contributed by atoms with Crippen LogP contribution in [0, 0.1) is 0 Å². The fourth-order valence-electron chi connectivity index (χ4n) is 1.85. The first-order valence-electron chi connectivity index (χ1n) is 6.17. The third-order valence-electron chi connectivity index (χ3n) is 2.89. The molecule has 0 aliphatic carbocycles. The zero-order valence-electron chi connectivity index (χ0n) is 11.7. The number of ether oxygens (including phenoxy) is 2. The summed E-state index contributed by atoms with van der Waals surface area (Å²) in [6, 6.07) is 9.46. The summed E-state index contributed by atoms with van der Waals surface area (Å²) in [5.74, 6) is 0.0964. The largest absolute Gasteiger partial charge is 0.504 e. The summed E-state index contributed by atoms with van der Waals surface area (Å²) >= 11 is 0. The van der Waals surface area contributed by atoms with Crippen LogP contribution in [0.5, 0.6) is 17.2 Å². The molecule has 2 rings (SSSR count). The number of carbonyl (C=O) groups is 1. The first-order valence-corrected chi connectivity index (χ1v) is 6.17. The molecule has 0 saturated heterocycles. The second kappa shape index (κ2) is 6.04. The number of rotatable bonds is 4. The second-order valence-corrected chi connectivity index (χ2v) is 4.31. The van der Waals surface area contributed by atoms with Crippen LogP contribution in [0.25, 0.3) is 0 Å². The van der Waals surface area contributed by atoms with Crippen molar-refractivity contribution in [2.45, 2.75) is 0 Å². The Kier molecular flexibility index (Phi) is 4.18. The molecule has 0 fully saturated rings. The summed E-state index contributed by atoms with van der Waals surface area (Å²) in [6.45, 7) is 0. The van der Waals surface area contributed by atoms with Crippen LogP contribution in [0.2, 0.25) is 0 Å². The fraction of sp³-hybridized carbons (Fsp3) is 0.133. The van der Waals surface area contributed by atoms with Gasteiger partial charge in [-0.15, -0.1) is 0 Å². The van der Waals surface area contributed by atoms with Gasteiger partial charge < -0.3 is 25.6 Å². The number of anilines is 2. The Balaban J connectivity index is 2.25. The number of hydrogen-bond donors (Lipinski definition) is 3. The maximum absolute atomic E-state index is 12.1. The van der Waals surface area contributed by atoms with Gasteiger partial charge in [0.25, 0.3) is 5.91 Å². The molecular formula is C15H16N2O4. The minimum atomic E-state index is -0.318. The molecule has 0 saturated carbocycles. The normalized spacial score (nSPS) is 10.0. The summed E-state index contributed by atoms with van der Waals surface area (Å²) in [4.78, 5) is 12.1. The molecule has 0 spiro atoms. The van der Waals surface area contributed by atoms with Gasteiger partial charge in [0.05, 0.1) is 14.2 Å². The molecule has 4 N–H and O–H groups in total. The van der Waals surface area contributed by atoms with Crippen molar-refractivity contribution in [1.29, 1.82) is 0 Å². The number of benzene rings is 2. The van der Waals surface area contributed by atoms with Crippen molar-refractivity contribution >= 4 is 17.3 Å². The maximum Gasteiger partial charge on any atom is 0.255 e. The van der Waals surface area contributed by atoms with E-state index < -0.39 is 0 Å². The average molecular weight is 288 g/mol. The SMILES string of the molecule is COc1cc(NC(=O)c2ccc(N)cc2)cc(O)c1OC. The molecule has 110 valence electrons. The number of nitrogens with two attached hydrogens (primary N) is 1. The Bertz CT molecular complexity index is 653. The lowest BCUT2D eigenvalue weighted by Gasteiger charge is -2.12. The van der Waals surface area contributed by atoms with Crippen molar-refractivity contribution < 1.29 is 19.4 Å². The molecule has 0 aliphatic heterocycles. The van der Waals surface area contributed by atoms with E-state index in [1.54, 1.807) is 30.3 Å². The zero-order chi connectivity index (χ0) is 15.4. The number of phenolic OH excluding ortho intramolecular Hbond substituents is 1. The molecule has 0 atom stereocenters. The summed E-state index contributed by atoms with van der Waals surface area (Å²) < 4.78 is 10.1. The molecule has 0 unspecified atom stereocenters. The van der Waals surface area contributed by atoms with E-state index in [2.05, 4.69) is 5.32 Å². The molecule has 21 heavy (non-hydrogen) atoms. The highest BCUT2D eigenvalue weighted by molar-refractivity contribution is 6.04. The lowest BCUT2D eigenvalue weighted by atomic mass is 10.2. The maximum atomic E-state index is 12.1. The zero-order valence-corrected chi connectivity index (χ0v) is 11.7. The highest BCUT2D eigenvalue weighted by atomic mass is 16.5. The van der Waals surface area contributed by atoms with Gasteiger partial charge >= 0.3 is 0 Å². The lowest BCUT2D eigenvalue weighted by molar-refractivity contribution is 0.102. The molecule has 6 heteroatoms. The number of nitrogens with one attached hydrogen (secondary N) is 1. The first kappa shape index (κ1) is 14.5. The van der Waals surface area contributed by atoms with Crippen LogP contribution in [-0.2, 0) is 0 Å². The van der Waals surface area contributed by atoms with Crippen molar-refractivity contribution in [3.63, 3.8) is 0 Å². The summed E-state index contributed by atoms with van der Waals surface area (Å²) in [6.07, 6.45) is 0. The number of aromatic hydroxyl groups is 1. The van der Waals surface area contributed by atoms with Crippen LogP contribution in [0.4, 0.5) is 11.4 Å². The fourth-order valence-corrected chi connectivity index (χ4v) is 1.85. The van der Waals surface area contributed by atoms with Gasteiger partial charge in [-0.1, -0.05) is 0 Å². The van der Waals surface area contributed by atoms with Crippen molar-refractivity contribution in [1.82, 2.24) is 0 Å². The highest BCUT2D eigenvalue weighted by Gasteiger charge is 2.13. The van der Waals surface area contributed by atoms with E-state index in [-0.39, 0.29) is 17.4 Å². The van der Waals surface area contributed by atoms with Gasteiger partial charge in [-0.05, 0) is 24.3 Å². The number of hydrogen-bond acceptors (Lipinski definition) is 5. The third-order valence-corrected chi connectivity index (χ3v) is 2.89. The van der Waals surface area contributed by atoms with E-state index in [0.29, 0.717) is 22.7 Å². The van der Waals surface area contributed by atoms with E-state index in [9.17, 15) is 9.90 Å². The van der Waals surface area contributed by atoms with Gasteiger partial charge in [0.2, 0.25) is 5.75 Å². The Morgan fingerprint density at radius 3 is 2.38 bits per heavy atom. The number of nitrogen functional groups attached to an aromatic ring is 1. The van der Waals surface area contributed by atoms with Gasteiger partial charge in [0.15, 0.2) is 11.5 Å². The quantitative estimate of drug-likeness (QED) is 0.750. The van der Waals surface area contributed by atoms with Crippen molar-refractivity contribution in [2.75, 3.05) is 25.3 Å². The van der Waals surface area contributed by atoms with Crippen LogP contribution in [0.3, 0.4) is 0 Å². The topological polar surface area (TPSA) is 93.8 Å². The van der Waals surface area contributed by atoms with Crippen LogP contribution in [-0.4, -0.2) is 25.2 Å². The molecule has 2 aromatic carbocycles. The van der Waals surface area contributed by atoms with Crippen LogP contribution in [0.1, 0.15) is 10.4 Å². The third kappa shape index (κ3) is 3.17. The molecule has 0 bridgehead atoms.